The Morgan fingerprint density at radius 3 is 2.61 bits per heavy atom. The Bertz CT molecular complexity index is 1370. The van der Waals surface area contributed by atoms with Crippen molar-refractivity contribution >= 4 is 29.4 Å². The number of benzene rings is 2. The minimum absolute atomic E-state index is 0.142. The highest BCUT2D eigenvalue weighted by molar-refractivity contribution is 8.00. The van der Waals surface area contributed by atoms with Crippen molar-refractivity contribution in [3.63, 3.8) is 0 Å². The minimum atomic E-state index is -0.395. The van der Waals surface area contributed by atoms with Crippen LogP contribution in [0, 0.1) is 5.82 Å². The van der Waals surface area contributed by atoms with Crippen LogP contribution < -0.4 is 19.7 Å². The number of nitrogens with zero attached hydrogens (tertiary/aromatic N) is 3. The van der Waals surface area contributed by atoms with E-state index in [0.717, 1.165) is 23.2 Å². The van der Waals surface area contributed by atoms with Gasteiger partial charge in [0, 0.05) is 17.5 Å². The molecule has 2 aromatic carbocycles. The molecule has 1 aromatic heterocycles. The number of hydrogen-bond acceptors (Lipinski definition) is 6. The summed E-state index contributed by atoms with van der Waals surface area (Å²) >= 11 is 1.49. The maximum atomic E-state index is 13.9. The van der Waals surface area contributed by atoms with E-state index in [1.165, 1.54) is 28.8 Å². The summed E-state index contributed by atoms with van der Waals surface area (Å²) in [5.41, 5.74) is 2.78. The van der Waals surface area contributed by atoms with Crippen LogP contribution in [0.4, 0.5) is 10.2 Å². The second-order valence-electron chi connectivity index (χ2n) is 10.4. The number of thioether (sulfide) groups is 1. The van der Waals surface area contributed by atoms with Gasteiger partial charge in [-0.25, -0.2) is 9.07 Å². The molecule has 8 nitrogen and oxygen atoms in total. The molecule has 0 fully saturated rings. The summed E-state index contributed by atoms with van der Waals surface area (Å²) in [7, 11) is 0. The van der Waals surface area contributed by atoms with Gasteiger partial charge in [-0.15, -0.1) is 11.8 Å². The van der Waals surface area contributed by atoms with Crippen molar-refractivity contribution in [2.75, 3.05) is 30.5 Å². The first kappa shape index (κ1) is 26.1. The average molecular weight is 539 g/mol. The molecule has 2 aliphatic heterocycles. The smallest absolute Gasteiger partial charge is 0.240 e. The number of amides is 2. The van der Waals surface area contributed by atoms with E-state index in [4.69, 9.17) is 14.6 Å². The van der Waals surface area contributed by atoms with Crippen LogP contribution in [-0.2, 0) is 15.0 Å². The van der Waals surface area contributed by atoms with Crippen molar-refractivity contribution in [2.24, 2.45) is 0 Å². The number of carbonyl (C=O) groups excluding carboxylic acids is 2. The van der Waals surface area contributed by atoms with Crippen LogP contribution in [0.2, 0.25) is 0 Å². The zero-order valence-electron chi connectivity index (χ0n) is 21.9. The summed E-state index contributed by atoms with van der Waals surface area (Å²) in [4.78, 5) is 28.0. The van der Waals surface area contributed by atoms with Crippen LogP contribution in [-0.4, -0.2) is 47.2 Å². The highest BCUT2D eigenvalue weighted by Crippen LogP contribution is 2.49. The van der Waals surface area contributed by atoms with E-state index in [2.05, 4.69) is 26.1 Å². The third kappa shape index (κ3) is 4.97. The molecule has 3 heterocycles. The molecule has 0 saturated carbocycles. The third-order valence-electron chi connectivity index (χ3n) is 6.44. The number of rotatable bonds is 6. The van der Waals surface area contributed by atoms with Gasteiger partial charge in [0.25, 0.3) is 0 Å². The van der Waals surface area contributed by atoms with Crippen LogP contribution in [0.15, 0.2) is 42.5 Å². The Balaban J connectivity index is 1.74. The van der Waals surface area contributed by atoms with Crippen molar-refractivity contribution < 1.29 is 23.5 Å². The number of carbonyl (C=O) groups is 2. The fourth-order valence-corrected chi connectivity index (χ4v) is 5.83. The summed E-state index contributed by atoms with van der Waals surface area (Å²) < 4.78 is 26.7. The van der Waals surface area contributed by atoms with Gasteiger partial charge in [-0.2, -0.15) is 5.10 Å². The van der Waals surface area contributed by atoms with Gasteiger partial charge < -0.3 is 14.8 Å². The maximum absolute atomic E-state index is 13.9. The molecule has 0 radical (unpaired) electrons. The quantitative estimate of drug-likeness (QED) is 0.488. The Morgan fingerprint density at radius 2 is 1.89 bits per heavy atom. The summed E-state index contributed by atoms with van der Waals surface area (Å²) in [5.74, 6) is 1.20. The lowest BCUT2D eigenvalue weighted by Crippen LogP contribution is -2.42. The van der Waals surface area contributed by atoms with Gasteiger partial charge in [-0.1, -0.05) is 33.8 Å². The number of fused-ring (bicyclic) bond motifs is 2. The van der Waals surface area contributed by atoms with E-state index in [1.54, 1.807) is 16.8 Å². The van der Waals surface area contributed by atoms with Gasteiger partial charge in [0.1, 0.15) is 18.2 Å². The molecule has 3 aromatic rings. The molecule has 2 amide bonds. The predicted octanol–water partition coefficient (Wildman–Crippen LogP) is 4.73. The normalized spacial score (nSPS) is 16.8. The van der Waals surface area contributed by atoms with E-state index < -0.39 is 5.41 Å². The molecule has 0 bridgehead atoms. The largest absolute Gasteiger partial charge is 0.454 e. The number of nitrogens with one attached hydrogen (secondary N) is 1. The Morgan fingerprint density at radius 1 is 1.16 bits per heavy atom. The Labute approximate surface area is 225 Å². The van der Waals surface area contributed by atoms with Gasteiger partial charge in [-0.05, 0) is 48.4 Å². The molecule has 10 heteroatoms. The predicted molar refractivity (Wildman–Crippen MR) is 145 cm³/mol. The molecular formula is C28H31FN4O4S. The SMILES string of the molecule is CCCNC(=O)CN1C(=O)CS[C@@H](c2ccc3c(c2)OCO3)c2c(C(C)(C)C)nn(-c3ccc(F)cc3)c21. The number of hydrogen-bond donors (Lipinski definition) is 1. The van der Waals surface area contributed by atoms with Crippen molar-refractivity contribution in [3.05, 3.63) is 65.1 Å². The highest BCUT2D eigenvalue weighted by Gasteiger charge is 2.40. The van der Waals surface area contributed by atoms with E-state index in [1.807, 2.05) is 25.1 Å². The fraction of sp³-hybridized carbons (Fsp3) is 0.393. The third-order valence-corrected chi connectivity index (χ3v) is 7.70. The molecule has 38 heavy (non-hydrogen) atoms. The molecule has 1 atom stereocenters. The van der Waals surface area contributed by atoms with Gasteiger partial charge in [0.05, 0.1) is 22.4 Å². The van der Waals surface area contributed by atoms with E-state index in [-0.39, 0.29) is 42.0 Å². The Kier molecular flexibility index (Phi) is 7.09. The van der Waals surface area contributed by atoms with Crippen molar-refractivity contribution in [1.29, 1.82) is 0 Å². The number of halogens is 1. The maximum Gasteiger partial charge on any atom is 0.240 e. The van der Waals surface area contributed by atoms with Crippen molar-refractivity contribution in [3.8, 4) is 17.2 Å². The number of ether oxygens (including phenoxy) is 2. The molecular weight excluding hydrogens is 507 g/mol. The first-order chi connectivity index (χ1) is 18.2. The van der Waals surface area contributed by atoms with Gasteiger partial charge in [-0.3, -0.25) is 14.5 Å². The van der Waals surface area contributed by atoms with Crippen molar-refractivity contribution in [2.45, 2.75) is 44.8 Å². The first-order valence-electron chi connectivity index (χ1n) is 12.6. The molecule has 2 aliphatic rings. The molecule has 0 saturated heterocycles. The summed E-state index contributed by atoms with van der Waals surface area (Å²) in [5, 5.41) is 7.62. The zero-order valence-corrected chi connectivity index (χ0v) is 22.7. The monoisotopic (exact) mass is 538 g/mol. The van der Waals surface area contributed by atoms with Gasteiger partial charge in [0.15, 0.2) is 11.5 Å². The van der Waals surface area contributed by atoms with Crippen molar-refractivity contribution in [1.82, 2.24) is 15.1 Å². The standard InChI is InChI=1S/C28H31FN4O4S/c1-5-12-30-22(34)14-32-23(35)15-38-25(17-6-11-20-21(13-17)37-16-36-20)24-26(28(2,3)4)31-33(27(24)32)19-9-7-18(29)8-10-19/h6-11,13,25H,5,12,14-16H2,1-4H3,(H,30,34)/t25-/m0/s1. The van der Waals surface area contributed by atoms with E-state index >= 15 is 0 Å². The zero-order chi connectivity index (χ0) is 27.0. The number of anilines is 1. The molecule has 0 aliphatic carbocycles. The molecule has 1 N–H and O–H groups in total. The second-order valence-corrected chi connectivity index (χ2v) is 11.5. The highest BCUT2D eigenvalue weighted by atomic mass is 32.2. The second kappa shape index (κ2) is 10.3. The Hall–Kier alpha value is -3.53. The molecule has 5 rings (SSSR count). The summed E-state index contributed by atoms with van der Waals surface area (Å²) in [6.45, 7) is 8.71. The van der Waals surface area contributed by atoms with E-state index in [9.17, 15) is 14.0 Å². The van der Waals surface area contributed by atoms with Crippen LogP contribution in [0.25, 0.3) is 5.69 Å². The van der Waals surface area contributed by atoms with Crippen LogP contribution >= 0.6 is 11.8 Å². The minimum Gasteiger partial charge on any atom is -0.454 e. The topological polar surface area (TPSA) is 85.7 Å². The van der Waals surface area contributed by atoms with E-state index in [0.29, 0.717) is 29.5 Å². The van der Waals surface area contributed by atoms with Crippen LogP contribution in [0.5, 0.6) is 11.5 Å². The summed E-state index contributed by atoms with van der Waals surface area (Å²) in [6, 6.07) is 11.8. The average Bonchev–Trinajstić information content (AvgIpc) is 3.48. The number of aromatic nitrogens is 2. The van der Waals surface area contributed by atoms with Crippen LogP contribution in [0.3, 0.4) is 0 Å². The van der Waals surface area contributed by atoms with Gasteiger partial charge in [0.2, 0.25) is 18.6 Å². The lowest BCUT2D eigenvalue weighted by Gasteiger charge is -2.24. The first-order valence-corrected chi connectivity index (χ1v) is 13.7. The molecule has 0 unspecified atom stereocenters. The molecule has 0 spiro atoms. The van der Waals surface area contributed by atoms with Crippen LogP contribution in [0.1, 0.15) is 56.2 Å². The fourth-order valence-electron chi connectivity index (χ4n) is 4.64. The summed E-state index contributed by atoms with van der Waals surface area (Å²) in [6.07, 6.45) is 0.786. The lowest BCUT2D eigenvalue weighted by molar-refractivity contribution is -0.122. The molecule has 200 valence electrons. The lowest BCUT2D eigenvalue weighted by atomic mass is 9.87. The van der Waals surface area contributed by atoms with Gasteiger partial charge >= 0.3 is 0 Å².